The van der Waals surface area contributed by atoms with Crippen LogP contribution in [0, 0.1) is 0 Å². The van der Waals surface area contributed by atoms with E-state index >= 15 is 0 Å². The number of amides is 1. The van der Waals surface area contributed by atoms with Crippen molar-refractivity contribution in [1.29, 1.82) is 0 Å². The van der Waals surface area contributed by atoms with E-state index in [1.165, 1.54) is 5.56 Å². The number of rotatable bonds is 8. The van der Waals surface area contributed by atoms with Crippen molar-refractivity contribution in [1.82, 2.24) is 19.8 Å². The summed E-state index contributed by atoms with van der Waals surface area (Å²) in [6.07, 6.45) is 7.12. The molecule has 4 rings (SSSR count). The first-order valence-corrected chi connectivity index (χ1v) is 11.7. The lowest BCUT2D eigenvalue weighted by Gasteiger charge is -2.41. The molecule has 1 saturated heterocycles. The molecule has 1 aromatic carbocycles. The fourth-order valence-corrected chi connectivity index (χ4v) is 4.60. The number of aromatic nitrogens is 2. The molecule has 6 nitrogen and oxygen atoms in total. The molecule has 1 fully saturated rings. The Kier molecular flexibility index (Phi) is 7.35. The number of hydrogen-bond acceptors (Lipinski definition) is 5. The smallest absolute Gasteiger partial charge is 0.240 e. The van der Waals surface area contributed by atoms with E-state index < -0.39 is 0 Å². The minimum atomic E-state index is -0.187. The molecular weight excluding hydrogens is 410 g/mol. The average molecular weight is 444 g/mol. The zero-order chi connectivity index (χ0) is 23.2. The Hall–Kier alpha value is -3.25. The summed E-state index contributed by atoms with van der Waals surface area (Å²) in [7, 11) is 4.02. The van der Waals surface area contributed by atoms with Crippen LogP contribution in [0.1, 0.15) is 24.5 Å². The van der Waals surface area contributed by atoms with Crippen LogP contribution in [-0.2, 0) is 17.8 Å². The molecule has 1 aliphatic heterocycles. The third-order valence-corrected chi connectivity index (χ3v) is 6.22. The second-order valence-corrected chi connectivity index (χ2v) is 8.83. The molecule has 3 aromatic rings. The van der Waals surface area contributed by atoms with Crippen LogP contribution in [0.4, 0.5) is 5.82 Å². The molecule has 33 heavy (non-hydrogen) atoms. The van der Waals surface area contributed by atoms with Crippen LogP contribution in [0.25, 0.3) is 11.1 Å². The van der Waals surface area contributed by atoms with E-state index in [-0.39, 0.29) is 11.9 Å². The van der Waals surface area contributed by atoms with Crippen molar-refractivity contribution in [2.75, 3.05) is 38.6 Å². The van der Waals surface area contributed by atoms with Crippen LogP contribution in [-0.4, -0.2) is 65.4 Å². The minimum Gasteiger partial charge on any atom is -0.362 e. The van der Waals surface area contributed by atoms with Gasteiger partial charge in [-0.1, -0.05) is 37.3 Å². The molecule has 172 valence electrons. The number of carbonyl (C=O) groups is 1. The van der Waals surface area contributed by atoms with Crippen LogP contribution in [0.15, 0.2) is 67.1 Å². The van der Waals surface area contributed by atoms with Crippen LogP contribution in [0.5, 0.6) is 0 Å². The lowest BCUT2D eigenvalue weighted by Crippen LogP contribution is -2.57. The summed E-state index contributed by atoms with van der Waals surface area (Å²) in [5.41, 5.74) is 4.61. The Balaban J connectivity index is 1.61. The van der Waals surface area contributed by atoms with E-state index in [0.29, 0.717) is 13.0 Å². The molecular formula is C27H33N5O. The van der Waals surface area contributed by atoms with Gasteiger partial charge in [0.15, 0.2) is 0 Å². The Bertz CT molecular complexity index is 1070. The first-order valence-electron chi connectivity index (χ1n) is 11.7. The average Bonchev–Trinajstić information content (AvgIpc) is 2.84. The Labute approximate surface area is 196 Å². The molecule has 1 aliphatic rings. The van der Waals surface area contributed by atoms with Gasteiger partial charge in [-0.15, -0.1) is 0 Å². The third kappa shape index (κ3) is 5.40. The van der Waals surface area contributed by atoms with Crippen LogP contribution in [0.2, 0.25) is 0 Å². The zero-order valence-corrected chi connectivity index (χ0v) is 19.8. The van der Waals surface area contributed by atoms with E-state index in [2.05, 4.69) is 52.1 Å². The molecule has 0 unspecified atom stereocenters. The van der Waals surface area contributed by atoms with Crippen molar-refractivity contribution in [2.45, 2.75) is 32.4 Å². The normalized spacial score (nSPS) is 16.8. The molecule has 6 heteroatoms. The summed E-state index contributed by atoms with van der Waals surface area (Å²) in [5.74, 6) is 1.19. The fraction of sp³-hybridized carbons (Fsp3) is 0.370. The first-order chi connectivity index (χ1) is 16.1. The highest BCUT2D eigenvalue weighted by atomic mass is 16.2. The van der Waals surface area contributed by atoms with Crippen LogP contribution in [0.3, 0.4) is 0 Å². The van der Waals surface area contributed by atoms with Crippen molar-refractivity contribution in [3.63, 3.8) is 0 Å². The van der Waals surface area contributed by atoms with Gasteiger partial charge in [0.25, 0.3) is 0 Å². The van der Waals surface area contributed by atoms with E-state index in [4.69, 9.17) is 0 Å². The monoisotopic (exact) mass is 443 g/mol. The maximum Gasteiger partial charge on any atom is 0.240 e. The van der Waals surface area contributed by atoms with E-state index in [9.17, 15) is 4.79 Å². The molecule has 1 amide bonds. The fourth-order valence-electron chi connectivity index (χ4n) is 4.60. The van der Waals surface area contributed by atoms with Gasteiger partial charge in [0, 0.05) is 64.4 Å². The molecule has 2 aromatic heterocycles. The number of nitrogens with zero attached hydrogens (tertiary/aromatic N) is 5. The third-order valence-electron chi connectivity index (χ3n) is 6.22. The predicted octanol–water partition coefficient (Wildman–Crippen LogP) is 3.88. The second-order valence-electron chi connectivity index (χ2n) is 8.83. The number of hydrogen-bond donors (Lipinski definition) is 0. The molecule has 0 N–H and O–H groups in total. The Morgan fingerprint density at radius 1 is 1.00 bits per heavy atom. The molecule has 0 saturated carbocycles. The summed E-state index contributed by atoms with van der Waals surface area (Å²) < 4.78 is 0. The summed E-state index contributed by atoms with van der Waals surface area (Å²) in [4.78, 5) is 28.6. The van der Waals surface area contributed by atoms with Gasteiger partial charge in [-0.3, -0.25) is 14.7 Å². The Morgan fingerprint density at radius 3 is 2.58 bits per heavy atom. The van der Waals surface area contributed by atoms with Gasteiger partial charge in [0.05, 0.1) is 6.04 Å². The number of carbonyl (C=O) groups excluding carboxylic acids is 1. The van der Waals surface area contributed by atoms with Crippen molar-refractivity contribution in [3.8, 4) is 11.1 Å². The number of pyridine rings is 2. The van der Waals surface area contributed by atoms with Gasteiger partial charge in [-0.2, -0.15) is 0 Å². The standard InChI is InChI=1S/C27H33N5O/c1-4-15-31-16-17-32(20-24-9-6-12-29-26(24)30(2)3)25(27(31)33)19-21-7-5-8-23(18-21)22-10-13-28-14-11-22/h5-14,18,25H,4,15-17,19-20H2,1-3H3/t25-/m0/s1. The van der Waals surface area contributed by atoms with Gasteiger partial charge in [-0.05, 0) is 47.7 Å². The largest absolute Gasteiger partial charge is 0.362 e. The highest BCUT2D eigenvalue weighted by Gasteiger charge is 2.34. The molecule has 0 radical (unpaired) electrons. The quantitative estimate of drug-likeness (QED) is 0.529. The topological polar surface area (TPSA) is 52.6 Å². The van der Waals surface area contributed by atoms with Crippen molar-refractivity contribution < 1.29 is 4.79 Å². The molecule has 1 atom stereocenters. The minimum absolute atomic E-state index is 0.187. The SMILES string of the molecule is CCCN1CCN(Cc2cccnc2N(C)C)[C@@H](Cc2cccc(-c3ccncc3)c2)C1=O. The molecule has 0 aliphatic carbocycles. The maximum atomic E-state index is 13.5. The highest BCUT2D eigenvalue weighted by Crippen LogP contribution is 2.25. The number of benzene rings is 1. The Morgan fingerprint density at radius 2 is 1.82 bits per heavy atom. The molecule has 0 spiro atoms. The van der Waals surface area contributed by atoms with Crippen molar-refractivity contribution in [3.05, 3.63) is 78.2 Å². The van der Waals surface area contributed by atoms with Crippen LogP contribution < -0.4 is 4.90 Å². The summed E-state index contributed by atoms with van der Waals surface area (Å²) in [5, 5.41) is 0. The lowest BCUT2D eigenvalue weighted by molar-refractivity contribution is -0.142. The van der Waals surface area contributed by atoms with Gasteiger partial charge in [-0.25, -0.2) is 4.98 Å². The van der Waals surface area contributed by atoms with E-state index in [0.717, 1.165) is 48.6 Å². The van der Waals surface area contributed by atoms with Crippen molar-refractivity contribution >= 4 is 11.7 Å². The zero-order valence-electron chi connectivity index (χ0n) is 19.8. The molecule has 3 heterocycles. The lowest BCUT2D eigenvalue weighted by atomic mass is 9.97. The van der Waals surface area contributed by atoms with Crippen LogP contribution >= 0.6 is 0 Å². The molecule has 0 bridgehead atoms. The van der Waals surface area contributed by atoms with Gasteiger partial charge < -0.3 is 9.80 Å². The van der Waals surface area contributed by atoms with E-state index in [1.54, 1.807) is 0 Å². The second kappa shape index (κ2) is 10.6. The predicted molar refractivity (Wildman–Crippen MR) is 133 cm³/mol. The first kappa shape index (κ1) is 22.9. The van der Waals surface area contributed by atoms with Gasteiger partial charge in [0.1, 0.15) is 5.82 Å². The number of piperazine rings is 1. The van der Waals surface area contributed by atoms with Crippen molar-refractivity contribution in [2.24, 2.45) is 0 Å². The van der Waals surface area contributed by atoms with Gasteiger partial charge in [0.2, 0.25) is 5.91 Å². The van der Waals surface area contributed by atoms with Gasteiger partial charge >= 0.3 is 0 Å². The maximum absolute atomic E-state index is 13.5. The van der Waals surface area contributed by atoms with E-state index in [1.807, 2.05) is 60.7 Å². The summed E-state index contributed by atoms with van der Waals surface area (Å²) in [6, 6.07) is 16.5. The highest BCUT2D eigenvalue weighted by molar-refractivity contribution is 5.83. The summed E-state index contributed by atoms with van der Waals surface area (Å²) in [6.45, 7) is 5.30. The number of anilines is 1. The summed E-state index contributed by atoms with van der Waals surface area (Å²) >= 11 is 0.